The summed E-state index contributed by atoms with van der Waals surface area (Å²) < 4.78 is 0. The lowest BCUT2D eigenvalue weighted by Gasteiger charge is -2.19. The molecule has 1 N–H and O–H groups in total. The SMILES string of the molecule is CC(=O)CCCCCCCC(=O)NC[C@H](Cc1ccc(Cl)cc1)c1ccc(Cl)cc1. The van der Waals surface area contributed by atoms with Crippen molar-refractivity contribution >= 4 is 34.9 Å². The Labute approximate surface area is 190 Å². The van der Waals surface area contributed by atoms with E-state index in [1.807, 2.05) is 48.5 Å². The van der Waals surface area contributed by atoms with Gasteiger partial charge in [-0.1, -0.05) is 66.7 Å². The molecule has 0 aliphatic carbocycles. The van der Waals surface area contributed by atoms with Crippen LogP contribution in [0.15, 0.2) is 48.5 Å². The molecule has 2 rings (SSSR count). The van der Waals surface area contributed by atoms with Gasteiger partial charge in [-0.3, -0.25) is 4.79 Å². The van der Waals surface area contributed by atoms with Crippen LogP contribution in [0, 0.1) is 0 Å². The van der Waals surface area contributed by atoms with Crippen LogP contribution in [0.1, 0.15) is 68.9 Å². The molecule has 2 aromatic rings. The normalized spacial score (nSPS) is 11.8. The predicted octanol–water partition coefficient (Wildman–Crippen LogP) is 6.76. The zero-order valence-electron chi connectivity index (χ0n) is 17.6. The van der Waals surface area contributed by atoms with Crippen LogP contribution in [0.25, 0.3) is 0 Å². The molecule has 0 bridgehead atoms. The average Bonchev–Trinajstić information content (AvgIpc) is 2.72. The molecule has 162 valence electrons. The fourth-order valence-corrected chi connectivity index (χ4v) is 3.72. The van der Waals surface area contributed by atoms with Gasteiger partial charge < -0.3 is 10.1 Å². The van der Waals surface area contributed by atoms with Gasteiger partial charge in [-0.15, -0.1) is 0 Å². The van der Waals surface area contributed by atoms with Gasteiger partial charge in [0, 0.05) is 35.3 Å². The van der Waals surface area contributed by atoms with Crippen LogP contribution in [0.4, 0.5) is 0 Å². The summed E-state index contributed by atoms with van der Waals surface area (Å²) in [5, 5.41) is 4.53. The number of carbonyl (C=O) groups is 2. The van der Waals surface area contributed by atoms with Gasteiger partial charge in [0.05, 0.1) is 0 Å². The number of carbonyl (C=O) groups excluding carboxylic acids is 2. The van der Waals surface area contributed by atoms with E-state index in [2.05, 4.69) is 5.32 Å². The van der Waals surface area contributed by atoms with Crippen molar-refractivity contribution in [3.8, 4) is 0 Å². The lowest BCUT2D eigenvalue weighted by molar-refractivity contribution is -0.121. The monoisotopic (exact) mass is 447 g/mol. The maximum atomic E-state index is 12.3. The average molecular weight is 448 g/mol. The number of hydrogen-bond acceptors (Lipinski definition) is 2. The Morgan fingerprint density at radius 2 is 1.33 bits per heavy atom. The van der Waals surface area contributed by atoms with Crippen LogP contribution in [0.3, 0.4) is 0 Å². The van der Waals surface area contributed by atoms with Crippen molar-refractivity contribution in [2.75, 3.05) is 6.54 Å². The fraction of sp³-hybridized carbons (Fsp3) is 0.440. The molecule has 3 nitrogen and oxygen atoms in total. The molecule has 1 amide bonds. The highest BCUT2D eigenvalue weighted by Crippen LogP contribution is 2.23. The van der Waals surface area contributed by atoms with E-state index in [9.17, 15) is 9.59 Å². The molecule has 0 spiro atoms. The minimum Gasteiger partial charge on any atom is -0.355 e. The topological polar surface area (TPSA) is 46.2 Å². The molecule has 0 unspecified atom stereocenters. The molecule has 0 aromatic heterocycles. The van der Waals surface area contributed by atoms with Crippen molar-refractivity contribution in [3.63, 3.8) is 0 Å². The molecule has 0 radical (unpaired) electrons. The summed E-state index contributed by atoms with van der Waals surface area (Å²) in [6.45, 7) is 2.22. The van der Waals surface area contributed by atoms with Gasteiger partial charge in [-0.25, -0.2) is 0 Å². The number of unbranched alkanes of at least 4 members (excludes halogenated alkanes) is 4. The first-order chi connectivity index (χ1) is 14.4. The smallest absolute Gasteiger partial charge is 0.220 e. The highest BCUT2D eigenvalue weighted by Gasteiger charge is 2.14. The second-order valence-electron chi connectivity index (χ2n) is 7.85. The van der Waals surface area contributed by atoms with Crippen LogP contribution in [0.5, 0.6) is 0 Å². The number of nitrogens with one attached hydrogen (secondary N) is 1. The van der Waals surface area contributed by atoms with E-state index >= 15 is 0 Å². The molecule has 0 heterocycles. The molecule has 30 heavy (non-hydrogen) atoms. The summed E-state index contributed by atoms with van der Waals surface area (Å²) in [5.41, 5.74) is 2.33. The summed E-state index contributed by atoms with van der Waals surface area (Å²) in [7, 11) is 0. The van der Waals surface area contributed by atoms with Crippen molar-refractivity contribution in [3.05, 3.63) is 69.7 Å². The van der Waals surface area contributed by atoms with E-state index in [1.54, 1.807) is 6.92 Å². The fourth-order valence-electron chi connectivity index (χ4n) is 3.46. The molecule has 0 aliphatic rings. The molecule has 0 saturated heterocycles. The highest BCUT2D eigenvalue weighted by molar-refractivity contribution is 6.30. The maximum Gasteiger partial charge on any atom is 0.220 e. The first-order valence-corrected chi connectivity index (χ1v) is 11.5. The Hall–Kier alpha value is -1.84. The molecular weight excluding hydrogens is 417 g/mol. The van der Waals surface area contributed by atoms with Gasteiger partial charge in [0.15, 0.2) is 0 Å². The van der Waals surface area contributed by atoms with Crippen LogP contribution >= 0.6 is 23.2 Å². The van der Waals surface area contributed by atoms with Gasteiger partial charge in [-0.2, -0.15) is 0 Å². The van der Waals surface area contributed by atoms with Crippen LogP contribution in [0.2, 0.25) is 10.0 Å². The van der Waals surface area contributed by atoms with Crippen molar-refractivity contribution in [2.45, 2.75) is 64.2 Å². The van der Waals surface area contributed by atoms with Crippen LogP contribution in [-0.4, -0.2) is 18.2 Å². The van der Waals surface area contributed by atoms with Crippen molar-refractivity contribution < 1.29 is 9.59 Å². The quantitative estimate of drug-likeness (QED) is 0.344. The van der Waals surface area contributed by atoms with E-state index in [0.29, 0.717) is 24.4 Å². The zero-order valence-corrected chi connectivity index (χ0v) is 19.1. The maximum absolute atomic E-state index is 12.3. The molecule has 0 saturated carbocycles. The summed E-state index contributed by atoms with van der Waals surface area (Å²) >= 11 is 12.0. The summed E-state index contributed by atoms with van der Waals surface area (Å²) in [6, 6.07) is 15.7. The summed E-state index contributed by atoms with van der Waals surface area (Å²) in [6.07, 6.45) is 7.02. The minimum atomic E-state index is 0.0915. The minimum absolute atomic E-state index is 0.0915. The first kappa shape index (κ1) is 24.4. The highest BCUT2D eigenvalue weighted by atomic mass is 35.5. The Kier molecular flexibility index (Phi) is 11.0. The van der Waals surface area contributed by atoms with Gasteiger partial charge in [-0.05, 0) is 61.6 Å². The van der Waals surface area contributed by atoms with E-state index in [1.165, 1.54) is 5.56 Å². The third-order valence-corrected chi connectivity index (χ3v) is 5.72. The van der Waals surface area contributed by atoms with Gasteiger partial charge in [0.25, 0.3) is 0 Å². The number of ketones is 1. The zero-order chi connectivity index (χ0) is 21.8. The number of amides is 1. The number of Topliss-reactive ketones (excluding diaryl/α,β-unsaturated/α-hetero) is 1. The molecular formula is C25H31Cl2NO2. The second-order valence-corrected chi connectivity index (χ2v) is 8.73. The first-order valence-electron chi connectivity index (χ1n) is 10.7. The van der Waals surface area contributed by atoms with Gasteiger partial charge in [0.2, 0.25) is 5.91 Å². The molecule has 0 aliphatic heterocycles. The third kappa shape index (κ3) is 9.77. The Bertz CT molecular complexity index is 788. The summed E-state index contributed by atoms with van der Waals surface area (Å²) in [5.74, 6) is 0.510. The lowest BCUT2D eigenvalue weighted by atomic mass is 9.92. The summed E-state index contributed by atoms with van der Waals surface area (Å²) in [4.78, 5) is 23.2. The number of hydrogen-bond donors (Lipinski definition) is 1. The van der Waals surface area contributed by atoms with E-state index in [4.69, 9.17) is 23.2 Å². The van der Waals surface area contributed by atoms with E-state index in [0.717, 1.165) is 49.1 Å². The van der Waals surface area contributed by atoms with Gasteiger partial charge in [0.1, 0.15) is 5.78 Å². The number of rotatable bonds is 13. The standard InChI is InChI=1S/C25H31Cl2NO2/c1-19(29)7-5-3-2-4-6-8-25(30)28-18-22(21-11-15-24(27)16-12-21)17-20-9-13-23(26)14-10-20/h9-16,22H,2-8,17-18H2,1H3,(H,28,30)/t22-/m0/s1. The van der Waals surface area contributed by atoms with Crippen LogP contribution < -0.4 is 5.32 Å². The molecule has 2 aromatic carbocycles. The van der Waals surface area contributed by atoms with Crippen molar-refractivity contribution in [2.24, 2.45) is 0 Å². The Morgan fingerprint density at radius 1 is 0.800 bits per heavy atom. The molecule has 0 fully saturated rings. The predicted molar refractivity (Wildman–Crippen MR) is 125 cm³/mol. The number of halogens is 2. The Morgan fingerprint density at radius 3 is 1.93 bits per heavy atom. The van der Waals surface area contributed by atoms with E-state index in [-0.39, 0.29) is 17.6 Å². The van der Waals surface area contributed by atoms with Gasteiger partial charge >= 0.3 is 0 Å². The molecule has 1 atom stereocenters. The Balaban J connectivity index is 1.80. The van der Waals surface area contributed by atoms with Crippen LogP contribution in [-0.2, 0) is 16.0 Å². The van der Waals surface area contributed by atoms with Crippen molar-refractivity contribution in [1.29, 1.82) is 0 Å². The largest absolute Gasteiger partial charge is 0.355 e. The van der Waals surface area contributed by atoms with E-state index < -0.39 is 0 Å². The van der Waals surface area contributed by atoms with Crippen molar-refractivity contribution in [1.82, 2.24) is 5.32 Å². The second kappa shape index (κ2) is 13.5. The molecule has 5 heteroatoms. The lowest BCUT2D eigenvalue weighted by Crippen LogP contribution is -2.29. The number of benzene rings is 2. The third-order valence-electron chi connectivity index (χ3n) is 5.22.